The highest BCUT2D eigenvalue weighted by Gasteiger charge is 2.42. The Morgan fingerprint density at radius 3 is 2.07 bits per heavy atom. The van der Waals surface area contributed by atoms with Crippen LogP contribution in [-0.4, -0.2) is 71.2 Å². The largest absolute Gasteiger partial charge is 0.346 e. The van der Waals surface area contributed by atoms with Crippen molar-refractivity contribution in [3.05, 3.63) is 25.3 Å². The van der Waals surface area contributed by atoms with E-state index in [-0.39, 0.29) is 30.2 Å². The first kappa shape index (κ1) is 39.9. The predicted octanol–water partition coefficient (Wildman–Crippen LogP) is 5.18. The standard InChI is InChI=1S/C32H53N5O5.C3H8/c1-8-10-17-23(26(38)28(40)33-19-9-2)34-27(39)24-18-14-20-37(24)29(41)25(22-15-12-11-13-16-22)35-30(42)36-32(6,7)21-31(3,4)5;1-3-2/h8-9,22-25H,1-2,10-21H2,3-7H3,(H,33,40)(H,34,39)(H2,35,36,42);3H2,1-2H3/t23?,24-,25?;/m0./s1. The molecule has 256 valence electrons. The number of nitrogens with zero attached hydrogens (tertiary/aromatic N) is 1. The Bertz CT molecular complexity index is 1010. The molecule has 0 bridgehead atoms. The first-order chi connectivity index (χ1) is 21.1. The van der Waals surface area contributed by atoms with Crippen LogP contribution in [0.5, 0.6) is 0 Å². The van der Waals surface area contributed by atoms with E-state index in [0.717, 1.165) is 38.5 Å². The minimum absolute atomic E-state index is 0.00273. The highest BCUT2D eigenvalue weighted by atomic mass is 16.2. The molecule has 1 heterocycles. The number of hydrogen-bond acceptors (Lipinski definition) is 5. The van der Waals surface area contributed by atoms with E-state index in [1.165, 1.54) is 12.5 Å². The highest BCUT2D eigenvalue weighted by molar-refractivity contribution is 6.38. The normalized spacial score (nSPS) is 18.4. The molecule has 0 aromatic rings. The molecule has 0 radical (unpaired) electrons. The minimum Gasteiger partial charge on any atom is -0.346 e. The molecule has 2 rings (SSSR count). The van der Waals surface area contributed by atoms with Gasteiger partial charge in [-0.2, -0.15) is 0 Å². The molecule has 1 aliphatic heterocycles. The molecule has 10 heteroatoms. The van der Waals surface area contributed by atoms with Gasteiger partial charge in [-0.25, -0.2) is 4.79 Å². The lowest BCUT2D eigenvalue weighted by molar-refractivity contribution is -0.143. The van der Waals surface area contributed by atoms with Crippen LogP contribution in [-0.2, 0) is 19.2 Å². The lowest BCUT2D eigenvalue weighted by atomic mass is 9.81. The quantitative estimate of drug-likeness (QED) is 0.155. The number of nitrogens with one attached hydrogen (secondary N) is 4. The van der Waals surface area contributed by atoms with Gasteiger partial charge in [-0.15, -0.1) is 13.2 Å². The average Bonchev–Trinajstić information content (AvgIpc) is 3.45. The summed E-state index contributed by atoms with van der Waals surface area (Å²) in [6.45, 7) is 22.3. The Kier molecular flexibility index (Phi) is 17.2. The van der Waals surface area contributed by atoms with Crippen molar-refractivity contribution in [1.82, 2.24) is 26.2 Å². The first-order valence-corrected chi connectivity index (χ1v) is 16.8. The highest BCUT2D eigenvalue weighted by Crippen LogP contribution is 2.30. The molecule has 1 saturated heterocycles. The Morgan fingerprint density at radius 2 is 1.51 bits per heavy atom. The molecular formula is C35H61N5O5. The number of amides is 5. The summed E-state index contributed by atoms with van der Waals surface area (Å²) in [4.78, 5) is 67.5. The van der Waals surface area contributed by atoms with E-state index in [2.05, 4.69) is 69.0 Å². The summed E-state index contributed by atoms with van der Waals surface area (Å²) in [6, 6.07) is -2.98. The summed E-state index contributed by atoms with van der Waals surface area (Å²) in [5, 5.41) is 11.2. The number of carbonyl (C=O) groups excluding carboxylic acids is 5. The summed E-state index contributed by atoms with van der Waals surface area (Å²) in [5.74, 6) is -2.33. The van der Waals surface area contributed by atoms with E-state index in [1.807, 2.05) is 13.8 Å². The van der Waals surface area contributed by atoms with Crippen LogP contribution in [0.3, 0.4) is 0 Å². The summed E-state index contributed by atoms with van der Waals surface area (Å²) in [6.07, 6.45) is 11.5. The van der Waals surface area contributed by atoms with E-state index in [0.29, 0.717) is 25.8 Å². The van der Waals surface area contributed by atoms with Crippen LogP contribution < -0.4 is 21.3 Å². The van der Waals surface area contributed by atoms with Gasteiger partial charge in [-0.05, 0) is 70.1 Å². The number of ketones is 1. The average molecular weight is 632 g/mol. The van der Waals surface area contributed by atoms with Gasteiger partial charge >= 0.3 is 6.03 Å². The van der Waals surface area contributed by atoms with Gasteiger partial charge in [0.15, 0.2) is 0 Å². The molecule has 10 nitrogen and oxygen atoms in total. The Morgan fingerprint density at radius 1 is 0.889 bits per heavy atom. The molecule has 1 aliphatic carbocycles. The van der Waals surface area contributed by atoms with Crippen LogP contribution in [0.25, 0.3) is 0 Å². The van der Waals surface area contributed by atoms with Crippen molar-refractivity contribution < 1.29 is 24.0 Å². The molecule has 2 unspecified atom stereocenters. The summed E-state index contributed by atoms with van der Waals surface area (Å²) in [7, 11) is 0. The molecule has 0 spiro atoms. The SMILES string of the molecule is C=CCCC(NC(=O)[C@@H]1CCCN1C(=O)C(NC(=O)NC(C)(C)CC(C)(C)C)C1CCCCC1)C(=O)C(=O)NCC=C.CCC. The zero-order chi connectivity index (χ0) is 34.2. The smallest absolute Gasteiger partial charge is 0.315 e. The predicted molar refractivity (Wildman–Crippen MR) is 180 cm³/mol. The Balaban J connectivity index is 0.00000324. The Hall–Kier alpha value is -3.17. The number of allylic oxidation sites excluding steroid dienone is 1. The summed E-state index contributed by atoms with van der Waals surface area (Å²) >= 11 is 0. The topological polar surface area (TPSA) is 137 Å². The third-order valence-electron chi connectivity index (χ3n) is 7.86. The molecule has 2 aliphatic rings. The van der Waals surface area contributed by atoms with Crippen molar-refractivity contribution in [2.75, 3.05) is 13.1 Å². The zero-order valence-corrected chi connectivity index (χ0v) is 29.1. The molecule has 2 fully saturated rings. The maximum Gasteiger partial charge on any atom is 0.315 e. The van der Waals surface area contributed by atoms with Crippen LogP contribution >= 0.6 is 0 Å². The van der Waals surface area contributed by atoms with E-state index in [1.54, 1.807) is 11.0 Å². The van der Waals surface area contributed by atoms with Gasteiger partial charge in [-0.3, -0.25) is 19.2 Å². The van der Waals surface area contributed by atoms with Gasteiger partial charge < -0.3 is 26.2 Å². The number of urea groups is 1. The van der Waals surface area contributed by atoms with Crippen molar-refractivity contribution in [1.29, 1.82) is 0 Å². The number of rotatable bonds is 14. The maximum atomic E-state index is 14.1. The van der Waals surface area contributed by atoms with E-state index >= 15 is 0 Å². The number of likely N-dealkylation sites (tertiary alicyclic amines) is 1. The molecule has 0 aromatic carbocycles. The number of Topliss-reactive ketones (excluding diaryl/α,β-unsaturated/α-hetero) is 1. The van der Waals surface area contributed by atoms with Gasteiger partial charge in [0.1, 0.15) is 12.1 Å². The lowest BCUT2D eigenvalue weighted by Crippen LogP contribution is -2.60. The Labute approximate surface area is 272 Å². The molecular weight excluding hydrogens is 570 g/mol. The first-order valence-electron chi connectivity index (χ1n) is 16.8. The van der Waals surface area contributed by atoms with Crippen molar-refractivity contribution in [2.45, 2.75) is 143 Å². The molecule has 5 amide bonds. The lowest BCUT2D eigenvalue weighted by Gasteiger charge is -2.37. The van der Waals surface area contributed by atoms with Gasteiger partial charge in [0, 0.05) is 18.6 Å². The van der Waals surface area contributed by atoms with Crippen molar-refractivity contribution >= 4 is 29.5 Å². The van der Waals surface area contributed by atoms with Gasteiger partial charge in [0.05, 0.1) is 6.04 Å². The van der Waals surface area contributed by atoms with Gasteiger partial charge in [0.2, 0.25) is 17.6 Å². The monoisotopic (exact) mass is 631 g/mol. The number of carbonyl (C=O) groups is 5. The second-order valence-corrected chi connectivity index (χ2v) is 14.3. The second-order valence-electron chi connectivity index (χ2n) is 14.3. The van der Waals surface area contributed by atoms with Crippen LogP contribution in [0.15, 0.2) is 25.3 Å². The molecule has 3 atom stereocenters. The van der Waals surface area contributed by atoms with Crippen LogP contribution in [0.4, 0.5) is 4.79 Å². The second kappa shape index (κ2) is 19.4. The van der Waals surface area contributed by atoms with Crippen molar-refractivity contribution in [3.8, 4) is 0 Å². The van der Waals surface area contributed by atoms with Crippen molar-refractivity contribution in [2.24, 2.45) is 11.3 Å². The third-order valence-corrected chi connectivity index (χ3v) is 7.86. The van der Waals surface area contributed by atoms with Gasteiger partial charge in [-0.1, -0.05) is 72.5 Å². The fourth-order valence-electron chi connectivity index (χ4n) is 6.42. The summed E-state index contributed by atoms with van der Waals surface area (Å²) < 4.78 is 0. The molecule has 0 aromatic heterocycles. The zero-order valence-electron chi connectivity index (χ0n) is 29.1. The minimum atomic E-state index is -1.04. The van der Waals surface area contributed by atoms with Gasteiger partial charge in [0.25, 0.3) is 5.91 Å². The third kappa shape index (κ3) is 14.2. The molecule has 4 N–H and O–H groups in total. The summed E-state index contributed by atoms with van der Waals surface area (Å²) in [5.41, 5.74) is -0.480. The van der Waals surface area contributed by atoms with E-state index in [4.69, 9.17) is 0 Å². The van der Waals surface area contributed by atoms with E-state index in [9.17, 15) is 24.0 Å². The molecule has 1 saturated carbocycles. The number of hydrogen-bond donors (Lipinski definition) is 4. The van der Waals surface area contributed by atoms with E-state index < -0.39 is 47.3 Å². The van der Waals surface area contributed by atoms with Crippen LogP contribution in [0.2, 0.25) is 0 Å². The van der Waals surface area contributed by atoms with Crippen LogP contribution in [0.1, 0.15) is 119 Å². The fraction of sp³-hybridized carbons (Fsp3) is 0.743. The van der Waals surface area contributed by atoms with Crippen LogP contribution in [0, 0.1) is 11.3 Å². The molecule has 45 heavy (non-hydrogen) atoms. The van der Waals surface area contributed by atoms with Crippen molar-refractivity contribution in [3.63, 3.8) is 0 Å². The fourth-order valence-corrected chi connectivity index (χ4v) is 6.42. The maximum absolute atomic E-state index is 14.1.